The highest BCUT2D eigenvalue weighted by molar-refractivity contribution is 7.10. The maximum Gasteiger partial charge on any atom is 0.244 e. The number of nitrogens with zero attached hydrogens (tertiary/aromatic N) is 1. The fourth-order valence-corrected chi connectivity index (χ4v) is 3.80. The molecule has 4 nitrogen and oxygen atoms in total. The molecule has 22 heavy (non-hydrogen) atoms. The zero-order valence-electron chi connectivity index (χ0n) is 12.9. The number of nitrogens with one attached hydrogen (secondary N) is 1. The lowest BCUT2D eigenvalue weighted by atomic mass is 9.95. The minimum atomic E-state index is 0.0139. The fourth-order valence-electron chi connectivity index (χ4n) is 3.18. The van der Waals surface area contributed by atoms with Crippen LogP contribution in [-0.2, 0) is 9.53 Å². The highest BCUT2D eigenvalue weighted by Crippen LogP contribution is 2.21. The van der Waals surface area contributed by atoms with Gasteiger partial charge in [0.2, 0.25) is 5.91 Å². The lowest BCUT2D eigenvalue weighted by Gasteiger charge is -2.35. The van der Waals surface area contributed by atoms with E-state index in [4.69, 9.17) is 4.74 Å². The molecule has 1 atom stereocenters. The Kier molecular flexibility index (Phi) is 5.64. The largest absolute Gasteiger partial charge is 0.380 e. The number of thiophene rings is 1. The molecule has 0 radical (unpaired) electrons. The lowest BCUT2D eigenvalue weighted by molar-refractivity contribution is -0.116. The van der Waals surface area contributed by atoms with Crippen LogP contribution >= 0.6 is 11.3 Å². The number of hydrogen-bond donors (Lipinski definition) is 1. The van der Waals surface area contributed by atoms with Gasteiger partial charge in [-0.2, -0.15) is 0 Å². The van der Waals surface area contributed by atoms with Crippen LogP contribution in [0.5, 0.6) is 0 Å². The molecule has 1 unspecified atom stereocenters. The number of hydrogen-bond acceptors (Lipinski definition) is 4. The van der Waals surface area contributed by atoms with Crippen molar-refractivity contribution in [3.63, 3.8) is 0 Å². The van der Waals surface area contributed by atoms with Gasteiger partial charge in [0.25, 0.3) is 0 Å². The predicted octanol–water partition coefficient (Wildman–Crippen LogP) is 2.38. The van der Waals surface area contributed by atoms with Gasteiger partial charge in [-0.3, -0.25) is 9.69 Å². The van der Waals surface area contributed by atoms with Crippen molar-refractivity contribution in [2.24, 2.45) is 5.92 Å². The van der Waals surface area contributed by atoms with Crippen molar-refractivity contribution in [3.8, 4) is 0 Å². The molecule has 0 aromatic carbocycles. The quantitative estimate of drug-likeness (QED) is 0.847. The average Bonchev–Trinajstić information content (AvgIpc) is 3.24. The van der Waals surface area contributed by atoms with Gasteiger partial charge < -0.3 is 10.1 Å². The van der Waals surface area contributed by atoms with E-state index in [9.17, 15) is 4.79 Å². The molecular weight excluding hydrogens is 296 g/mol. The summed E-state index contributed by atoms with van der Waals surface area (Å²) in [5, 5.41) is 5.05. The topological polar surface area (TPSA) is 41.6 Å². The molecule has 1 amide bonds. The van der Waals surface area contributed by atoms with Crippen LogP contribution in [0.1, 0.15) is 24.1 Å². The summed E-state index contributed by atoms with van der Waals surface area (Å²) in [7, 11) is 0. The second-order valence-electron chi connectivity index (χ2n) is 6.09. The minimum absolute atomic E-state index is 0.0139. The molecule has 1 aromatic rings. The zero-order valence-corrected chi connectivity index (χ0v) is 13.7. The van der Waals surface area contributed by atoms with Crippen molar-refractivity contribution in [1.82, 2.24) is 10.2 Å². The molecule has 3 heterocycles. The van der Waals surface area contributed by atoms with Gasteiger partial charge in [0.1, 0.15) is 0 Å². The molecule has 3 rings (SSSR count). The molecule has 0 spiro atoms. The Morgan fingerprint density at radius 2 is 2.27 bits per heavy atom. The maximum atomic E-state index is 11.8. The van der Waals surface area contributed by atoms with E-state index in [1.807, 2.05) is 23.6 Å². The number of piperidine rings is 1. The van der Waals surface area contributed by atoms with E-state index in [1.165, 1.54) is 19.3 Å². The Morgan fingerprint density at radius 1 is 1.41 bits per heavy atom. The van der Waals surface area contributed by atoms with Crippen LogP contribution in [0.2, 0.25) is 0 Å². The summed E-state index contributed by atoms with van der Waals surface area (Å²) in [5.74, 6) is 0.623. The second-order valence-corrected chi connectivity index (χ2v) is 7.07. The minimum Gasteiger partial charge on any atom is -0.380 e. The van der Waals surface area contributed by atoms with Crippen molar-refractivity contribution >= 4 is 23.3 Å². The smallest absolute Gasteiger partial charge is 0.244 e. The van der Waals surface area contributed by atoms with E-state index in [-0.39, 0.29) is 5.91 Å². The molecule has 0 aliphatic carbocycles. The summed E-state index contributed by atoms with van der Waals surface area (Å²) in [4.78, 5) is 15.5. The Bertz CT molecular complexity index is 487. The molecular formula is C17H24N2O2S. The van der Waals surface area contributed by atoms with Crippen molar-refractivity contribution in [2.45, 2.75) is 25.3 Å². The Balaban J connectivity index is 1.35. The number of amides is 1. The summed E-state index contributed by atoms with van der Waals surface area (Å²) in [6, 6.07) is 4.63. The van der Waals surface area contributed by atoms with E-state index >= 15 is 0 Å². The predicted molar refractivity (Wildman–Crippen MR) is 89.9 cm³/mol. The standard InChI is InChI=1S/C17H24N2O2S/c20-17(4-3-16-2-1-11-22-16)18-12-14-5-8-19(9-6-14)15-7-10-21-13-15/h1-4,11,14-15H,5-10,12-13H2,(H,18,20). The molecule has 0 saturated carbocycles. The average molecular weight is 320 g/mol. The van der Waals surface area contributed by atoms with Crippen molar-refractivity contribution in [1.29, 1.82) is 0 Å². The first-order valence-electron chi connectivity index (χ1n) is 8.12. The lowest BCUT2D eigenvalue weighted by Crippen LogP contribution is -2.43. The molecule has 5 heteroatoms. The normalized spacial score (nSPS) is 24.1. The number of likely N-dealkylation sites (tertiary alicyclic amines) is 1. The summed E-state index contributed by atoms with van der Waals surface area (Å²) in [5.41, 5.74) is 0. The van der Waals surface area contributed by atoms with Gasteiger partial charge >= 0.3 is 0 Å². The van der Waals surface area contributed by atoms with Crippen LogP contribution in [0.4, 0.5) is 0 Å². The summed E-state index contributed by atoms with van der Waals surface area (Å²) in [6.45, 7) is 4.88. The monoisotopic (exact) mass is 320 g/mol. The van der Waals surface area contributed by atoms with E-state index in [2.05, 4.69) is 10.2 Å². The van der Waals surface area contributed by atoms with Gasteiger partial charge in [-0.05, 0) is 55.8 Å². The van der Waals surface area contributed by atoms with Gasteiger partial charge in [-0.25, -0.2) is 0 Å². The Hall–Kier alpha value is -1.17. The molecule has 2 fully saturated rings. The maximum absolute atomic E-state index is 11.8. The van der Waals surface area contributed by atoms with Gasteiger partial charge in [0, 0.05) is 30.1 Å². The Morgan fingerprint density at radius 3 is 2.95 bits per heavy atom. The molecule has 0 bridgehead atoms. The van der Waals surface area contributed by atoms with Crippen molar-refractivity contribution in [2.75, 3.05) is 32.8 Å². The van der Waals surface area contributed by atoms with Gasteiger partial charge in [0.15, 0.2) is 0 Å². The van der Waals surface area contributed by atoms with Crippen LogP contribution < -0.4 is 5.32 Å². The summed E-state index contributed by atoms with van der Waals surface area (Å²) in [6.07, 6.45) is 7.03. The first-order valence-corrected chi connectivity index (χ1v) is 9.00. The highest BCUT2D eigenvalue weighted by Gasteiger charge is 2.27. The van der Waals surface area contributed by atoms with E-state index < -0.39 is 0 Å². The van der Waals surface area contributed by atoms with Gasteiger partial charge in [-0.1, -0.05) is 6.07 Å². The third kappa shape index (κ3) is 4.41. The summed E-state index contributed by atoms with van der Waals surface area (Å²) < 4.78 is 5.47. The van der Waals surface area contributed by atoms with E-state index in [1.54, 1.807) is 17.4 Å². The van der Waals surface area contributed by atoms with E-state index in [0.717, 1.165) is 37.7 Å². The van der Waals surface area contributed by atoms with Gasteiger partial charge in [0.05, 0.1) is 6.61 Å². The molecule has 2 aliphatic heterocycles. The zero-order chi connectivity index (χ0) is 15.2. The van der Waals surface area contributed by atoms with Crippen LogP contribution in [0.25, 0.3) is 6.08 Å². The third-order valence-corrected chi connectivity index (χ3v) is 5.42. The first-order chi connectivity index (χ1) is 10.8. The van der Waals surface area contributed by atoms with Crippen LogP contribution in [0, 0.1) is 5.92 Å². The van der Waals surface area contributed by atoms with Crippen LogP contribution in [0.15, 0.2) is 23.6 Å². The SMILES string of the molecule is O=C(C=Cc1cccs1)NCC1CCN(C2CCOC2)CC1. The Labute approximate surface area is 136 Å². The van der Waals surface area contributed by atoms with Gasteiger partial charge in [-0.15, -0.1) is 11.3 Å². The third-order valence-electron chi connectivity index (χ3n) is 4.58. The van der Waals surface area contributed by atoms with Crippen LogP contribution in [0.3, 0.4) is 0 Å². The number of carbonyl (C=O) groups excluding carboxylic acids is 1. The molecule has 2 saturated heterocycles. The van der Waals surface area contributed by atoms with E-state index in [0.29, 0.717) is 12.0 Å². The molecule has 120 valence electrons. The summed E-state index contributed by atoms with van der Waals surface area (Å²) >= 11 is 1.64. The fraction of sp³-hybridized carbons (Fsp3) is 0.588. The number of ether oxygens (including phenoxy) is 1. The van der Waals surface area contributed by atoms with Crippen molar-refractivity contribution < 1.29 is 9.53 Å². The first kappa shape index (κ1) is 15.7. The highest BCUT2D eigenvalue weighted by atomic mass is 32.1. The van der Waals surface area contributed by atoms with Crippen molar-refractivity contribution in [3.05, 3.63) is 28.5 Å². The van der Waals surface area contributed by atoms with Crippen LogP contribution in [-0.4, -0.2) is 49.7 Å². The molecule has 1 aromatic heterocycles. The molecule has 1 N–H and O–H groups in total. The molecule has 2 aliphatic rings. The second kappa shape index (κ2) is 7.90. The number of carbonyl (C=O) groups is 1. The number of rotatable bonds is 5.